The molecule has 0 saturated heterocycles. The van der Waals surface area contributed by atoms with Crippen molar-refractivity contribution >= 4 is 15.9 Å². The number of nitrogens with zero attached hydrogens (tertiary/aromatic N) is 1. The molecule has 1 rings (SSSR count). The van der Waals surface area contributed by atoms with E-state index in [0.29, 0.717) is 18.0 Å². The first-order valence-corrected chi connectivity index (χ1v) is 8.09. The first-order valence-electron chi connectivity index (χ1n) is 6.65. The highest BCUT2D eigenvalue weighted by atomic mass is 32.2. The molecular formula is C13H23N3O3S. The Labute approximate surface area is 121 Å². The van der Waals surface area contributed by atoms with Crippen LogP contribution in [0.15, 0.2) is 24.3 Å². The molecule has 0 atom stereocenters. The number of hydrogen-bond acceptors (Lipinski definition) is 4. The molecule has 1 aromatic rings. The molecule has 7 heteroatoms. The van der Waals surface area contributed by atoms with Crippen LogP contribution >= 0.6 is 0 Å². The lowest BCUT2D eigenvalue weighted by Crippen LogP contribution is -2.40. The molecule has 20 heavy (non-hydrogen) atoms. The van der Waals surface area contributed by atoms with Gasteiger partial charge in [0.15, 0.2) is 0 Å². The number of unbranched alkanes of at least 4 members (excludes halogenated alkanes) is 1. The molecule has 0 fully saturated rings. The molecule has 3 N–H and O–H groups in total. The maximum absolute atomic E-state index is 11.8. The number of benzene rings is 1. The monoisotopic (exact) mass is 301 g/mol. The SMILES string of the molecule is CCCCN(C)S(=O)(=O)NCCOc1ccc(N)cc1. The Balaban J connectivity index is 2.30. The van der Waals surface area contributed by atoms with Crippen LogP contribution in [0.3, 0.4) is 0 Å². The van der Waals surface area contributed by atoms with Gasteiger partial charge in [-0.2, -0.15) is 17.4 Å². The van der Waals surface area contributed by atoms with Crippen molar-refractivity contribution in [3.63, 3.8) is 0 Å². The van der Waals surface area contributed by atoms with Gasteiger partial charge in [-0.15, -0.1) is 0 Å². The highest BCUT2D eigenvalue weighted by Crippen LogP contribution is 2.12. The van der Waals surface area contributed by atoms with Gasteiger partial charge in [0.25, 0.3) is 10.2 Å². The predicted octanol–water partition coefficient (Wildman–Crippen LogP) is 1.21. The summed E-state index contributed by atoms with van der Waals surface area (Å²) in [5, 5.41) is 0. The number of nitrogens with one attached hydrogen (secondary N) is 1. The van der Waals surface area contributed by atoms with E-state index >= 15 is 0 Å². The zero-order valence-corrected chi connectivity index (χ0v) is 12.8. The number of nitrogen functional groups attached to an aromatic ring is 1. The van der Waals surface area contributed by atoms with Crippen molar-refractivity contribution in [1.29, 1.82) is 0 Å². The zero-order chi connectivity index (χ0) is 15.0. The van der Waals surface area contributed by atoms with Gasteiger partial charge in [0.2, 0.25) is 0 Å². The number of anilines is 1. The Morgan fingerprint density at radius 3 is 2.55 bits per heavy atom. The largest absolute Gasteiger partial charge is 0.492 e. The lowest BCUT2D eigenvalue weighted by molar-refractivity contribution is 0.320. The first kappa shape index (κ1) is 16.7. The van der Waals surface area contributed by atoms with E-state index in [0.717, 1.165) is 12.8 Å². The fourth-order valence-electron chi connectivity index (χ4n) is 1.51. The molecule has 0 saturated carbocycles. The summed E-state index contributed by atoms with van der Waals surface area (Å²) in [4.78, 5) is 0. The van der Waals surface area contributed by atoms with Crippen LogP contribution < -0.4 is 15.2 Å². The molecule has 0 unspecified atom stereocenters. The molecule has 0 aliphatic carbocycles. The van der Waals surface area contributed by atoms with E-state index in [-0.39, 0.29) is 13.2 Å². The second-order valence-electron chi connectivity index (χ2n) is 4.49. The smallest absolute Gasteiger partial charge is 0.279 e. The van der Waals surface area contributed by atoms with E-state index in [1.54, 1.807) is 31.3 Å². The zero-order valence-electron chi connectivity index (χ0n) is 12.0. The molecule has 0 radical (unpaired) electrons. The lowest BCUT2D eigenvalue weighted by atomic mass is 10.3. The van der Waals surface area contributed by atoms with Crippen molar-refractivity contribution in [3.05, 3.63) is 24.3 Å². The van der Waals surface area contributed by atoms with Gasteiger partial charge in [-0.1, -0.05) is 13.3 Å². The summed E-state index contributed by atoms with van der Waals surface area (Å²) in [6, 6.07) is 6.96. The lowest BCUT2D eigenvalue weighted by Gasteiger charge is -2.17. The molecule has 0 aromatic heterocycles. The van der Waals surface area contributed by atoms with Gasteiger partial charge in [0.05, 0.1) is 0 Å². The van der Waals surface area contributed by atoms with Crippen LogP contribution in [0.5, 0.6) is 5.75 Å². The molecule has 0 bridgehead atoms. The van der Waals surface area contributed by atoms with Crippen LogP contribution in [0, 0.1) is 0 Å². The molecule has 6 nitrogen and oxygen atoms in total. The molecule has 0 spiro atoms. The number of hydrogen-bond donors (Lipinski definition) is 2. The average Bonchev–Trinajstić information content (AvgIpc) is 2.42. The second-order valence-corrected chi connectivity index (χ2v) is 6.35. The molecule has 0 amide bonds. The standard InChI is InChI=1S/C13H23N3O3S/c1-3-4-10-16(2)20(17,18)15-9-11-19-13-7-5-12(14)6-8-13/h5-8,15H,3-4,9-11,14H2,1-2H3. The van der Waals surface area contributed by atoms with Gasteiger partial charge >= 0.3 is 0 Å². The maximum atomic E-state index is 11.8. The third kappa shape index (κ3) is 5.77. The van der Waals surface area contributed by atoms with Crippen LogP contribution in [0.2, 0.25) is 0 Å². The van der Waals surface area contributed by atoms with Crippen molar-refractivity contribution in [2.75, 3.05) is 32.5 Å². The van der Waals surface area contributed by atoms with Crippen LogP contribution in [0.1, 0.15) is 19.8 Å². The molecule has 114 valence electrons. The molecular weight excluding hydrogens is 278 g/mol. The summed E-state index contributed by atoms with van der Waals surface area (Å²) >= 11 is 0. The van der Waals surface area contributed by atoms with Crippen molar-refractivity contribution in [1.82, 2.24) is 9.03 Å². The Kier molecular flexibility index (Phi) is 6.77. The summed E-state index contributed by atoms with van der Waals surface area (Å²) in [6.07, 6.45) is 1.81. The molecule has 0 heterocycles. The van der Waals surface area contributed by atoms with Crippen molar-refractivity contribution < 1.29 is 13.2 Å². The Bertz CT molecular complexity index is 488. The fourth-order valence-corrected chi connectivity index (χ4v) is 2.45. The number of ether oxygens (including phenoxy) is 1. The predicted molar refractivity (Wildman–Crippen MR) is 80.8 cm³/mol. The van der Waals surface area contributed by atoms with Crippen LogP contribution in [-0.4, -0.2) is 39.5 Å². The average molecular weight is 301 g/mol. The summed E-state index contributed by atoms with van der Waals surface area (Å²) in [5.74, 6) is 0.665. The van der Waals surface area contributed by atoms with Gasteiger partial charge in [-0.3, -0.25) is 0 Å². The molecule has 0 aliphatic rings. The van der Waals surface area contributed by atoms with Crippen molar-refractivity contribution in [2.45, 2.75) is 19.8 Å². The van der Waals surface area contributed by atoms with E-state index in [1.165, 1.54) is 4.31 Å². The van der Waals surface area contributed by atoms with Crippen LogP contribution in [-0.2, 0) is 10.2 Å². The van der Waals surface area contributed by atoms with Gasteiger partial charge in [-0.05, 0) is 30.7 Å². The molecule has 0 aliphatic heterocycles. The normalized spacial score (nSPS) is 11.8. The van der Waals surface area contributed by atoms with E-state index in [4.69, 9.17) is 10.5 Å². The van der Waals surface area contributed by atoms with Crippen LogP contribution in [0.25, 0.3) is 0 Å². The van der Waals surface area contributed by atoms with Gasteiger partial charge < -0.3 is 10.5 Å². The Morgan fingerprint density at radius 1 is 1.30 bits per heavy atom. The van der Waals surface area contributed by atoms with E-state index < -0.39 is 10.2 Å². The highest BCUT2D eigenvalue weighted by Gasteiger charge is 2.15. The van der Waals surface area contributed by atoms with Gasteiger partial charge in [0, 0.05) is 25.8 Å². The Morgan fingerprint density at radius 2 is 1.95 bits per heavy atom. The Hall–Kier alpha value is -1.31. The van der Waals surface area contributed by atoms with Crippen molar-refractivity contribution in [3.8, 4) is 5.75 Å². The fraction of sp³-hybridized carbons (Fsp3) is 0.538. The first-order chi connectivity index (χ1) is 9.45. The van der Waals surface area contributed by atoms with E-state index in [1.807, 2.05) is 6.92 Å². The summed E-state index contributed by atoms with van der Waals surface area (Å²) in [6.45, 7) is 3.03. The van der Waals surface area contributed by atoms with Gasteiger partial charge in [0.1, 0.15) is 12.4 Å². The van der Waals surface area contributed by atoms with Crippen LogP contribution in [0.4, 0.5) is 5.69 Å². The second kappa shape index (κ2) is 8.08. The minimum atomic E-state index is -3.41. The topological polar surface area (TPSA) is 84.7 Å². The summed E-state index contributed by atoms with van der Waals surface area (Å²) < 4.78 is 32.9. The third-order valence-corrected chi connectivity index (χ3v) is 4.34. The minimum Gasteiger partial charge on any atom is -0.492 e. The molecule has 1 aromatic carbocycles. The summed E-state index contributed by atoms with van der Waals surface area (Å²) in [5.41, 5.74) is 6.22. The minimum absolute atomic E-state index is 0.225. The quantitative estimate of drug-likeness (QED) is 0.530. The van der Waals surface area contributed by atoms with Crippen molar-refractivity contribution in [2.24, 2.45) is 0 Å². The highest BCUT2D eigenvalue weighted by molar-refractivity contribution is 7.87. The van der Waals surface area contributed by atoms with E-state index in [9.17, 15) is 8.42 Å². The number of nitrogens with two attached hydrogens (primary N) is 1. The van der Waals surface area contributed by atoms with Gasteiger partial charge in [-0.25, -0.2) is 0 Å². The summed E-state index contributed by atoms with van der Waals surface area (Å²) in [7, 11) is -1.84. The third-order valence-electron chi connectivity index (χ3n) is 2.77. The maximum Gasteiger partial charge on any atom is 0.279 e. The number of rotatable bonds is 9. The van der Waals surface area contributed by atoms with E-state index in [2.05, 4.69) is 4.72 Å².